The van der Waals surface area contributed by atoms with Gasteiger partial charge in [0.2, 0.25) is 11.8 Å². The van der Waals surface area contributed by atoms with Crippen LogP contribution < -0.4 is 20.1 Å². The van der Waals surface area contributed by atoms with Gasteiger partial charge in [0.05, 0.1) is 18.4 Å². The number of carbonyl (C=O) groups is 3. The topological polar surface area (TPSA) is 100 Å². The Kier molecular flexibility index (Phi) is 9.07. The molecule has 2 aliphatic rings. The van der Waals surface area contributed by atoms with Crippen LogP contribution in [0.15, 0.2) is 72.8 Å². The van der Waals surface area contributed by atoms with E-state index in [1.54, 1.807) is 49.6 Å². The maximum atomic E-state index is 13.9. The van der Waals surface area contributed by atoms with Crippen LogP contribution in [-0.2, 0) is 16.1 Å². The van der Waals surface area contributed by atoms with Crippen molar-refractivity contribution in [2.75, 3.05) is 32.1 Å². The standard InChI is InChI=1S/C33H38N4O5/c1-22(2)31(32(39)34-24-15-17-36(18-16-24)20-23-7-5-4-6-8-23)37-21-30(38)35-29-14-13-27(19-28(29)33(37)40)42-26-11-9-25(41-3)10-12-26/h4-14,19,22,24,31H,15-18,20-21H2,1-3H3,(H,34,39)(H,35,38)/t31-/m1/s1. The molecule has 3 aromatic carbocycles. The number of hydrogen-bond donors (Lipinski definition) is 2. The van der Waals surface area contributed by atoms with Crippen LogP contribution in [0.5, 0.6) is 17.2 Å². The number of nitrogens with zero attached hydrogens (tertiary/aromatic N) is 2. The zero-order valence-corrected chi connectivity index (χ0v) is 24.3. The molecular formula is C33H38N4O5. The van der Waals surface area contributed by atoms with E-state index in [2.05, 4.69) is 27.7 Å². The number of methoxy groups -OCH3 is 1. The van der Waals surface area contributed by atoms with E-state index < -0.39 is 11.9 Å². The number of anilines is 1. The molecule has 3 amide bonds. The number of benzene rings is 3. The summed E-state index contributed by atoms with van der Waals surface area (Å²) >= 11 is 0. The third-order valence-electron chi connectivity index (χ3n) is 7.78. The number of fused-ring (bicyclic) bond motifs is 1. The van der Waals surface area contributed by atoms with Crippen molar-refractivity contribution in [3.8, 4) is 17.2 Å². The van der Waals surface area contributed by atoms with Crippen molar-refractivity contribution in [1.29, 1.82) is 0 Å². The second kappa shape index (κ2) is 13.1. The Morgan fingerprint density at radius 2 is 1.62 bits per heavy atom. The van der Waals surface area contributed by atoms with Gasteiger partial charge < -0.3 is 25.0 Å². The minimum Gasteiger partial charge on any atom is -0.497 e. The van der Waals surface area contributed by atoms with Gasteiger partial charge in [0.1, 0.15) is 29.8 Å². The van der Waals surface area contributed by atoms with Crippen LogP contribution in [0.4, 0.5) is 5.69 Å². The summed E-state index contributed by atoms with van der Waals surface area (Å²) in [4.78, 5) is 44.2. The molecule has 0 aromatic heterocycles. The largest absolute Gasteiger partial charge is 0.497 e. The summed E-state index contributed by atoms with van der Waals surface area (Å²) < 4.78 is 11.2. The van der Waals surface area contributed by atoms with Gasteiger partial charge in [-0.2, -0.15) is 0 Å². The summed E-state index contributed by atoms with van der Waals surface area (Å²) in [6.45, 7) is 6.22. The smallest absolute Gasteiger partial charge is 0.257 e. The lowest BCUT2D eigenvalue weighted by atomic mass is 9.98. The molecule has 42 heavy (non-hydrogen) atoms. The number of ether oxygens (including phenoxy) is 2. The molecule has 2 heterocycles. The first-order valence-electron chi connectivity index (χ1n) is 14.4. The average molecular weight is 571 g/mol. The van der Waals surface area contributed by atoms with E-state index in [9.17, 15) is 14.4 Å². The Bertz CT molecular complexity index is 1400. The predicted octanol–water partition coefficient (Wildman–Crippen LogP) is 4.69. The monoisotopic (exact) mass is 570 g/mol. The molecule has 3 aromatic rings. The lowest BCUT2D eigenvalue weighted by Crippen LogP contribution is -2.56. The highest BCUT2D eigenvalue weighted by Crippen LogP contribution is 2.31. The summed E-state index contributed by atoms with van der Waals surface area (Å²) in [6, 6.07) is 21.6. The first-order chi connectivity index (χ1) is 20.3. The maximum Gasteiger partial charge on any atom is 0.257 e. The maximum absolute atomic E-state index is 13.9. The molecule has 0 unspecified atom stereocenters. The first-order valence-corrected chi connectivity index (χ1v) is 14.4. The Morgan fingerprint density at radius 1 is 0.952 bits per heavy atom. The molecule has 0 spiro atoms. The van der Waals surface area contributed by atoms with Crippen LogP contribution in [0.2, 0.25) is 0 Å². The van der Waals surface area contributed by atoms with E-state index in [0.717, 1.165) is 32.5 Å². The molecule has 0 saturated carbocycles. The Hall–Kier alpha value is -4.37. The van der Waals surface area contributed by atoms with Gasteiger partial charge in [-0.1, -0.05) is 44.2 Å². The van der Waals surface area contributed by atoms with Crippen molar-refractivity contribution in [3.63, 3.8) is 0 Å². The number of carbonyl (C=O) groups excluding carboxylic acids is 3. The van der Waals surface area contributed by atoms with Crippen molar-refractivity contribution < 1.29 is 23.9 Å². The van der Waals surface area contributed by atoms with Crippen LogP contribution in [0.1, 0.15) is 42.6 Å². The minimum atomic E-state index is -0.803. The SMILES string of the molecule is COc1ccc(Oc2ccc3c(c2)C(=O)N([C@@H](C(=O)NC2CCN(Cc4ccccc4)CC2)C(C)C)CC(=O)N3)cc1. The van der Waals surface area contributed by atoms with E-state index >= 15 is 0 Å². The molecule has 1 fully saturated rings. The molecule has 2 N–H and O–H groups in total. The second-order valence-corrected chi connectivity index (χ2v) is 11.2. The zero-order chi connectivity index (χ0) is 29.6. The normalized spacial score (nSPS) is 16.8. The second-order valence-electron chi connectivity index (χ2n) is 11.2. The van der Waals surface area contributed by atoms with E-state index in [1.165, 1.54) is 10.5 Å². The van der Waals surface area contributed by atoms with Gasteiger partial charge in [-0.15, -0.1) is 0 Å². The van der Waals surface area contributed by atoms with Crippen molar-refractivity contribution in [1.82, 2.24) is 15.1 Å². The molecule has 1 saturated heterocycles. The molecule has 0 bridgehead atoms. The van der Waals surface area contributed by atoms with Crippen molar-refractivity contribution in [2.45, 2.75) is 45.3 Å². The van der Waals surface area contributed by atoms with Gasteiger partial charge in [0.15, 0.2) is 0 Å². The van der Waals surface area contributed by atoms with Gasteiger partial charge in [0.25, 0.3) is 5.91 Å². The van der Waals surface area contributed by atoms with E-state index in [0.29, 0.717) is 22.9 Å². The highest BCUT2D eigenvalue weighted by Gasteiger charge is 2.38. The van der Waals surface area contributed by atoms with Crippen LogP contribution in [0.3, 0.4) is 0 Å². The lowest BCUT2D eigenvalue weighted by molar-refractivity contribution is -0.129. The first kappa shape index (κ1) is 29.1. The molecule has 9 nitrogen and oxygen atoms in total. The summed E-state index contributed by atoms with van der Waals surface area (Å²) in [6.07, 6.45) is 1.65. The van der Waals surface area contributed by atoms with E-state index in [4.69, 9.17) is 9.47 Å². The van der Waals surface area contributed by atoms with Crippen molar-refractivity contribution in [2.24, 2.45) is 5.92 Å². The van der Waals surface area contributed by atoms with Crippen LogP contribution in [0, 0.1) is 5.92 Å². The van der Waals surface area contributed by atoms with Crippen molar-refractivity contribution in [3.05, 3.63) is 83.9 Å². The van der Waals surface area contributed by atoms with Crippen LogP contribution in [-0.4, -0.2) is 66.3 Å². The van der Waals surface area contributed by atoms with Crippen LogP contribution >= 0.6 is 0 Å². The van der Waals surface area contributed by atoms with Gasteiger partial charge in [-0.25, -0.2) is 0 Å². The summed E-state index contributed by atoms with van der Waals surface area (Å²) in [5.74, 6) is 0.535. The number of amides is 3. The quantitative estimate of drug-likeness (QED) is 0.387. The summed E-state index contributed by atoms with van der Waals surface area (Å²) in [5, 5.41) is 6.01. The fourth-order valence-electron chi connectivity index (χ4n) is 5.62. The zero-order valence-electron chi connectivity index (χ0n) is 24.3. The summed E-state index contributed by atoms with van der Waals surface area (Å²) in [7, 11) is 1.59. The molecule has 9 heteroatoms. The predicted molar refractivity (Wildman–Crippen MR) is 161 cm³/mol. The Labute approximate surface area is 246 Å². The lowest BCUT2D eigenvalue weighted by Gasteiger charge is -2.36. The number of likely N-dealkylation sites (tertiary alicyclic amines) is 1. The summed E-state index contributed by atoms with van der Waals surface area (Å²) in [5.41, 5.74) is 1.94. The van der Waals surface area contributed by atoms with E-state index in [1.807, 2.05) is 32.0 Å². The molecule has 0 aliphatic carbocycles. The van der Waals surface area contributed by atoms with Crippen LogP contribution in [0.25, 0.3) is 0 Å². The average Bonchev–Trinajstić information content (AvgIpc) is 3.10. The minimum absolute atomic E-state index is 0.0125. The molecular weight excluding hydrogens is 532 g/mol. The van der Waals surface area contributed by atoms with Gasteiger partial charge in [0, 0.05) is 25.7 Å². The molecule has 0 radical (unpaired) electrons. The highest BCUT2D eigenvalue weighted by molar-refractivity contribution is 6.10. The molecule has 220 valence electrons. The molecule has 1 atom stereocenters. The third kappa shape index (κ3) is 6.91. The Balaban J connectivity index is 1.28. The number of rotatable bonds is 9. The Morgan fingerprint density at radius 3 is 2.29 bits per heavy atom. The third-order valence-corrected chi connectivity index (χ3v) is 7.78. The van der Waals surface area contributed by atoms with Gasteiger partial charge in [-0.3, -0.25) is 19.3 Å². The highest BCUT2D eigenvalue weighted by atomic mass is 16.5. The van der Waals surface area contributed by atoms with Crippen molar-refractivity contribution >= 4 is 23.4 Å². The number of nitrogens with one attached hydrogen (secondary N) is 2. The number of hydrogen-bond acceptors (Lipinski definition) is 6. The molecule has 5 rings (SSSR count). The fourth-order valence-corrected chi connectivity index (χ4v) is 5.62. The molecule has 2 aliphatic heterocycles. The van der Waals surface area contributed by atoms with Gasteiger partial charge in [-0.05, 0) is 66.8 Å². The van der Waals surface area contributed by atoms with E-state index in [-0.39, 0.29) is 35.9 Å². The number of piperidine rings is 1. The fraction of sp³-hybridized carbons (Fsp3) is 0.364. The van der Waals surface area contributed by atoms with Gasteiger partial charge >= 0.3 is 0 Å².